The molecule has 0 saturated heterocycles. The Kier molecular flexibility index (Phi) is 3.76. The van der Waals surface area contributed by atoms with Crippen LogP contribution in [0.4, 0.5) is 0 Å². The standard InChI is InChI=1S/C8H17N2/c1-2-9-10-7-8-5-3-4-6-8/h8,10H,2-7H2,1H3. The molecule has 1 saturated carbocycles. The molecule has 0 aromatic rings. The minimum absolute atomic E-state index is 0.896. The summed E-state index contributed by atoms with van der Waals surface area (Å²) in [7, 11) is 0. The summed E-state index contributed by atoms with van der Waals surface area (Å²) in [5, 5.41) is 0. The fourth-order valence-electron chi connectivity index (χ4n) is 1.52. The summed E-state index contributed by atoms with van der Waals surface area (Å²) < 4.78 is 0. The van der Waals surface area contributed by atoms with Crippen LogP contribution in [0.2, 0.25) is 0 Å². The number of nitrogens with zero attached hydrogens (tertiary/aromatic N) is 1. The van der Waals surface area contributed by atoms with E-state index in [1.807, 2.05) is 0 Å². The number of hydrogen-bond acceptors (Lipinski definition) is 1. The van der Waals surface area contributed by atoms with Crippen LogP contribution in [0.25, 0.3) is 0 Å². The van der Waals surface area contributed by atoms with Gasteiger partial charge in [-0.1, -0.05) is 12.8 Å². The lowest BCUT2D eigenvalue weighted by Crippen LogP contribution is -2.28. The van der Waals surface area contributed by atoms with Crippen LogP contribution in [0.1, 0.15) is 32.6 Å². The van der Waals surface area contributed by atoms with Crippen molar-refractivity contribution in [1.82, 2.24) is 10.9 Å². The molecule has 0 unspecified atom stereocenters. The van der Waals surface area contributed by atoms with E-state index >= 15 is 0 Å². The third-order valence-electron chi connectivity index (χ3n) is 2.12. The molecule has 1 N–H and O–H groups in total. The quantitative estimate of drug-likeness (QED) is 0.463. The molecule has 10 heavy (non-hydrogen) atoms. The summed E-state index contributed by atoms with van der Waals surface area (Å²) in [6, 6.07) is 0. The molecular weight excluding hydrogens is 124 g/mol. The molecule has 0 aromatic heterocycles. The summed E-state index contributed by atoms with van der Waals surface area (Å²) in [5.41, 5.74) is 7.19. The highest BCUT2D eigenvalue weighted by atomic mass is 15.3. The van der Waals surface area contributed by atoms with Gasteiger partial charge in [0.1, 0.15) is 0 Å². The molecule has 0 bridgehead atoms. The molecule has 0 spiro atoms. The van der Waals surface area contributed by atoms with Crippen LogP contribution < -0.4 is 10.9 Å². The van der Waals surface area contributed by atoms with E-state index in [1.165, 1.54) is 25.7 Å². The Hall–Kier alpha value is -0.0800. The minimum Gasteiger partial charge on any atom is -0.240 e. The van der Waals surface area contributed by atoms with Gasteiger partial charge in [0, 0.05) is 13.1 Å². The second kappa shape index (κ2) is 4.69. The highest BCUT2D eigenvalue weighted by Crippen LogP contribution is 2.23. The normalized spacial score (nSPS) is 20.1. The van der Waals surface area contributed by atoms with E-state index in [0.717, 1.165) is 19.0 Å². The molecule has 1 aliphatic carbocycles. The first-order chi connectivity index (χ1) is 4.93. The molecule has 1 rings (SSSR count). The maximum Gasteiger partial charge on any atom is 0.0275 e. The van der Waals surface area contributed by atoms with Gasteiger partial charge in [0.05, 0.1) is 0 Å². The van der Waals surface area contributed by atoms with E-state index in [1.54, 1.807) is 0 Å². The molecule has 0 aliphatic heterocycles. The third kappa shape index (κ3) is 2.67. The maximum atomic E-state index is 4.09. The predicted molar refractivity (Wildman–Crippen MR) is 42.6 cm³/mol. The van der Waals surface area contributed by atoms with Gasteiger partial charge < -0.3 is 0 Å². The van der Waals surface area contributed by atoms with Crippen molar-refractivity contribution in [3.05, 3.63) is 0 Å². The van der Waals surface area contributed by atoms with Gasteiger partial charge in [-0.2, -0.15) is 5.43 Å². The average Bonchev–Trinajstić information content (AvgIpc) is 2.41. The van der Waals surface area contributed by atoms with Crippen molar-refractivity contribution < 1.29 is 0 Å². The fraction of sp³-hybridized carbons (Fsp3) is 1.00. The molecule has 59 valence electrons. The van der Waals surface area contributed by atoms with E-state index in [-0.39, 0.29) is 0 Å². The summed E-state index contributed by atoms with van der Waals surface area (Å²) in [6.45, 7) is 4.06. The Morgan fingerprint density at radius 3 is 2.70 bits per heavy atom. The maximum absolute atomic E-state index is 4.09. The molecule has 1 aliphatic rings. The second-order valence-corrected chi connectivity index (χ2v) is 2.99. The lowest BCUT2D eigenvalue weighted by molar-refractivity contribution is 0.435. The van der Waals surface area contributed by atoms with Gasteiger partial charge in [0.2, 0.25) is 0 Å². The molecule has 0 aromatic carbocycles. The predicted octanol–water partition coefficient (Wildman–Crippen LogP) is 1.31. The van der Waals surface area contributed by atoms with Crippen LogP contribution in [0, 0.1) is 5.92 Å². The molecule has 2 nitrogen and oxygen atoms in total. The first kappa shape index (κ1) is 8.02. The van der Waals surface area contributed by atoms with Crippen molar-refractivity contribution in [1.29, 1.82) is 0 Å². The molecule has 2 heteroatoms. The zero-order chi connectivity index (χ0) is 7.23. The van der Waals surface area contributed by atoms with E-state index in [0.29, 0.717) is 0 Å². The number of rotatable bonds is 4. The van der Waals surface area contributed by atoms with Crippen molar-refractivity contribution in [3.63, 3.8) is 0 Å². The lowest BCUT2D eigenvalue weighted by atomic mass is 10.1. The summed E-state index contributed by atoms with van der Waals surface area (Å²) in [6.07, 6.45) is 5.68. The smallest absolute Gasteiger partial charge is 0.0275 e. The molecule has 1 radical (unpaired) electrons. The largest absolute Gasteiger partial charge is 0.240 e. The van der Waals surface area contributed by atoms with Gasteiger partial charge in [-0.25, -0.2) is 5.43 Å². The number of nitrogens with one attached hydrogen (secondary N) is 1. The Bertz CT molecular complexity index is 77.3. The minimum atomic E-state index is 0.896. The van der Waals surface area contributed by atoms with Crippen molar-refractivity contribution in [2.24, 2.45) is 5.92 Å². The SMILES string of the molecule is CC[N]NCC1CCCC1. The Balaban J connectivity index is 1.91. The van der Waals surface area contributed by atoms with Crippen LogP contribution in [-0.2, 0) is 0 Å². The fourth-order valence-corrected chi connectivity index (χ4v) is 1.52. The van der Waals surface area contributed by atoms with Gasteiger partial charge in [0.15, 0.2) is 0 Å². The summed E-state index contributed by atoms with van der Waals surface area (Å²) >= 11 is 0. The molecule has 0 amide bonds. The third-order valence-corrected chi connectivity index (χ3v) is 2.12. The lowest BCUT2D eigenvalue weighted by Gasteiger charge is -2.08. The van der Waals surface area contributed by atoms with Gasteiger partial charge >= 0.3 is 0 Å². The zero-order valence-corrected chi connectivity index (χ0v) is 6.77. The monoisotopic (exact) mass is 141 g/mol. The molecule has 1 fully saturated rings. The van der Waals surface area contributed by atoms with Crippen molar-refractivity contribution in [3.8, 4) is 0 Å². The van der Waals surface area contributed by atoms with Crippen molar-refractivity contribution in [2.45, 2.75) is 32.6 Å². The topological polar surface area (TPSA) is 26.1 Å². The Morgan fingerprint density at radius 1 is 1.40 bits per heavy atom. The van der Waals surface area contributed by atoms with Gasteiger partial charge in [-0.3, -0.25) is 0 Å². The van der Waals surface area contributed by atoms with Crippen molar-refractivity contribution >= 4 is 0 Å². The summed E-state index contributed by atoms with van der Waals surface area (Å²) in [4.78, 5) is 0. The molecule has 0 atom stereocenters. The Morgan fingerprint density at radius 2 is 2.10 bits per heavy atom. The van der Waals surface area contributed by atoms with Crippen LogP contribution in [0.3, 0.4) is 0 Å². The first-order valence-electron chi connectivity index (χ1n) is 4.33. The van der Waals surface area contributed by atoms with Gasteiger partial charge in [-0.05, 0) is 25.7 Å². The van der Waals surface area contributed by atoms with Gasteiger partial charge in [0.25, 0.3) is 0 Å². The zero-order valence-electron chi connectivity index (χ0n) is 6.77. The van der Waals surface area contributed by atoms with Crippen LogP contribution >= 0.6 is 0 Å². The highest BCUT2D eigenvalue weighted by Gasteiger charge is 2.13. The van der Waals surface area contributed by atoms with E-state index in [2.05, 4.69) is 17.8 Å². The molecular formula is C8H17N2. The van der Waals surface area contributed by atoms with Crippen LogP contribution in [0.15, 0.2) is 0 Å². The van der Waals surface area contributed by atoms with Crippen molar-refractivity contribution in [2.75, 3.05) is 13.1 Å². The van der Waals surface area contributed by atoms with Crippen LogP contribution in [-0.4, -0.2) is 13.1 Å². The molecule has 0 heterocycles. The first-order valence-corrected chi connectivity index (χ1v) is 4.33. The number of hydrogen-bond donors (Lipinski definition) is 1. The Labute approximate surface area is 63.4 Å². The van der Waals surface area contributed by atoms with Crippen LogP contribution in [0.5, 0.6) is 0 Å². The van der Waals surface area contributed by atoms with E-state index < -0.39 is 0 Å². The second-order valence-electron chi connectivity index (χ2n) is 2.99. The van der Waals surface area contributed by atoms with E-state index in [4.69, 9.17) is 0 Å². The highest BCUT2D eigenvalue weighted by molar-refractivity contribution is 4.67. The van der Waals surface area contributed by atoms with Gasteiger partial charge in [-0.15, -0.1) is 0 Å². The van der Waals surface area contributed by atoms with E-state index in [9.17, 15) is 0 Å². The average molecular weight is 141 g/mol. The summed E-state index contributed by atoms with van der Waals surface area (Å²) in [5.74, 6) is 0.912.